The van der Waals surface area contributed by atoms with Crippen molar-refractivity contribution in [2.24, 2.45) is 5.73 Å². The fraction of sp³-hybridized carbons (Fsp3) is 0.360. The monoisotopic (exact) mass is 492 g/mol. The predicted octanol–water partition coefficient (Wildman–Crippen LogP) is 2.34. The Morgan fingerprint density at radius 1 is 1.22 bits per heavy atom. The van der Waals surface area contributed by atoms with Gasteiger partial charge in [-0.15, -0.1) is 0 Å². The van der Waals surface area contributed by atoms with E-state index in [9.17, 15) is 9.50 Å². The van der Waals surface area contributed by atoms with Crippen LogP contribution < -0.4 is 21.1 Å². The molecule has 188 valence electrons. The van der Waals surface area contributed by atoms with Gasteiger partial charge in [0.1, 0.15) is 11.8 Å². The summed E-state index contributed by atoms with van der Waals surface area (Å²) in [7, 11) is 1.43. The van der Waals surface area contributed by atoms with E-state index < -0.39 is 17.5 Å². The van der Waals surface area contributed by atoms with Gasteiger partial charge in [-0.2, -0.15) is 0 Å². The molecule has 0 radical (unpaired) electrons. The Morgan fingerprint density at radius 3 is 2.81 bits per heavy atom. The molecule has 11 heteroatoms. The second kappa shape index (κ2) is 9.32. The maximum atomic E-state index is 14.4. The highest BCUT2D eigenvalue weighted by Gasteiger charge is 2.36. The van der Waals surface area contributed by atoms with Gasteiger partial charge in [0, 0.05) is 18.7 Å². The number of piperidine rings is 1. The Labute approximate surface area is 207 Å². The number of hydrogen-bond acceptors (Lipinski definition) is 9. The van der Waals surface area contributed by atoms with Crippen LogP contribution in [-0.2, 0) is 6.54 Å². The van der Waals surface area contributed by atoms with Crippen molar-refractivity contribution < 1.29 is 14.2 Å². The Kier molecular flexibility index (Phi) is 6.19. The van der Waals surface area contributed by atoms with Crippen molar-refractivity contribution in [2.45, 2.75) is 38.0 Å². The lowest BCUT2D eigenvalue weighted by atomic mass is 9.85. The number of aliphatic hydroxyl groups excluding tert-OH is 1. The van der Waals surface area contributed by atoms with Crippen LogP contribution in [0.15, 0.2) is 43.1 Å². The Morgan fingerprint density at radius 2 is 2.06 bits per heavy atom. The molecule has 0 unspecified atom stereocenters. The highest BCUT2D eigenvalue weighted by atomic mass is 19.1. The van der Waals surface area contributed by atoms with Crippen molar-refractivity contribution in [3.63, 3.8) is 0 Å². The first-order valence-corrected chi connectivity index (χ1v) is 11.7. The molecule has 1 aliphatic heterocycles. The van der Waals surface area contributed by atoms with E-state index in [2.05, 4.69) is 24.8 Å². The van der Waals surface area contributed by atoms with Gasteiger partial charge in [-0.25, -0.2) is 19.3 Å². The van der Waals surface area contributed by atoms with E-state index in [0.29, 0.717) is 41.3 Å². The molecule has 0 bridgehead atoms. The summed E-state index contributed by atoms with van der Waals surface area (Å²) < 4.78 is 21.4. The maximum Gasteiger partial charge on any atom is 0.165 e. The average molecular weight is 493 g/mol. The Hall–Kier alpha value is -3.83. The summed E-state index contributed by atoms with van der Waals surface area (Å²) in [5.41, 5.74) is 16.0. The van der Waals surface area contributed by atoms with Crippen molar-refractivity contribution in [1.29, 1.82) is 0 Å². The van der Waals surface area contributed by atoms with Crippen LogP contribution in [0, 0.1) is 5.82 Å². The Balaban J connectivity index is 1.58. The number of aromatic nitrogens is 5. The van der Waals surface area contributed by atoms with Crippen LogP contribution in [0.2, 0.25) is 0 Å². The smallest absolute Gasteiger partial charge is 0.165 e. The molecule has 3 aromatic heterocycles. The van der Waals surface area contributed by atoms with Crippen LogP contribution in [0.3, 0.4) is 0 Å². The standard InChI is InChI=1S/C25H29FN8O2/c1-15(35)25(28)6-3-7-33(12-25)20-10-29-19(16-4-5-21(36-2)18(26)8-16)9-17(20)11-34-14-32-22-23(27)30-13-31-24(22)34/h4-5,8-10,13-15,35H,3,6-7,11-12,28H2,1-2H3,(H2,27,30,31)/t15-,25-/m1/s1. The summed E-state index contributed by atoms with van der Waals surface area (Å²) in [6.07, 6.45) is 5.77. The van der Waals surface area contributed by atoms with Gasteiger partial charge in [-0.3, -0.25) is 4.98 Å². The minimum absolute atomic E-state index is 0.170. The molecule has 2 atom stereocenters. The summed E-state index contributed by atoms with van der Waals surface area (Å²) in [5, 5.41) is 10.3. The first kappa shape index (κ1) is 23.9. The topological polar surface area (TPSA) is 141 Å². The van der Waals surface area contributed by atoms with E-state index in [1.165, 1.54) is 19.5 Å². The van der Waals surface area contributed by atoms with Crippen LogP contribution in [0.4, 0.5) is 15.9 Å². The predicted molar refractivity (Wildman–Crippen MR) is 135 cm³/mol. The minimum Gasteiger partial charge on any atom is -0.494 e. The van der Waals surface area contributed by atoms with E-state index in [-0.39, 0.29) is 5.75 Å². The second-order valence-corrected chi connectivity index (χ2v) is 9.29. The number of fused-ring (bicyclic) bond motifs is 1. The third-order valence-electron chi connectivity index (χ3n) is 6.91. The van der Waals surface area contributed by atoms with Crippen LogP contribution in [0.5, 0.6) is 5.75 Å². The van der Waals surface area contributed by atoms with Gasteiger partial charge in [0.15, 0.2) is 23.0 Å². The molecule has 1 aliphatic rings. The number of rotatable bonds is 6. The van der Waals surface area contributed by atoms with Crippen LogP contribution in [-0.4, -0.2) is 61.5 Å². The zero-order valence-corrected chi connectivity index (χ0v) is 20.2. The maximum absolute atomic E-state index is 14.4. The number of aliphatic hydroxyl groups is 1. The summed E-state index contributed by atoms with van der Waals surface area (Å²) in [6, 6.07) is 6.69. The lowest BCUT2D eigenvalue weighted by Crippen LogP contribution is -2.60. The number of nitrogen functional groups attached to an aromatic ring is 1. The number of nitrogens with two attached hydrogens (primary N) is 2. The fourth-order valence-electron chi connectivity index (χ4n) is 4.74. The SMILES string of the molecule is COc1ccc(-c2cc(Cn3cnc4c(N)ncnc43)c(N3CCC[C@](N)([C@@H](C)O)C3)cn2)cc1F. The number of imidazole rings is 1. The van der Waals surface area contributed by atoms with Crippen LogP contribution in [0.25, 0.3) is 22.4 Å². The molecule has 0 spiro atoms. The first-order chi connectivity index (χ1) is 17.3. The quantitative estimate of drug-likeness (QED) is 0.370. The van der Waals surface area contributed by atoms with Gasteiger partial charge < -0.3 is 30.8 Å². The number of halogens is 1. The highest BCUT2D eigenvalue weighted by molar-refractivity contribution is 5.81. The molecule has 10 nitrogen and oxygen atoms in total. The van der Waals surface area contributed by atoms with E-state index in [0.717, 1.165) is 30.6 Å². The molecule has 0 amide bonds. The van der Waals surface area contributed by atoms with Gasteiger partial charge in [-0.05, 0) is 49.6 Å². The molecular formula is C25H29FN8O2. The van der Waals surface area contributed by atoms with E-state index in [4.69, 9.17) is 16.2 Å². The lowest BCUT2D eigenvalue weighted by Gasteiger charge is -2.43. The number of anilines is 2. The molecule has 5 rings (SSSR count). The summed E-state index contributed by atoms with van der Waals surface area (Å²) in [6.45, 7) is 3.40. The van der Waals surface area contributed by atoms with Crippen molar-refractivity contribution in [3.05, 3.63) is 54.5 Å². The summed E-state index contributed by atoms with van der Waals surface area (Å²) >= 11 is 0. The van der Waals surface area contributed by atoms with Crippen molar-refractivity contribution in [2.75, 3.05) is 30.8 Å². The van der Waals surface area contributed by atoms with E-state index in [1.807, 2.05) is 10.6 Å². The zero-order chi connectivity index (χ0) is 25.4. The van der Waals surface area contributed by atoms with E-state index in [1.54, 1.807) is 31.6 Å². The van der Waals surface area contributed by atoms with Crippen molar-refractivity contribution in [3.8, 4) is 17.0 Å². The van der Waals surface area contributed by atoms with Gasteiger partial charge in [0.25, 0.3) is 0 Å². The molecule has 36 heavy (non-hydrogen) atoms. The summed E-state index contributed by atoms with van der Waals surface area (Å²) in [4.78, 5) is 19.6. The molecule has 4 heterocycles. The molecule has 0 saturated carbocycles. The van der Waals surface area contributed by atoms with Gasteiger partial charge >= 0.3 is 0 Å². The van der Waals surface area contributed by atoms with Crippen molar-refractivity contribution in [1.82, 2.24) is 24.5 Å². The minimum atomic E-state index is -0.726. The van der Waals surface area contributed by atoms with Crippen LogP contribution >= 0.6 is 0 Å². The molecule has 1 fully saturated rings. The first-order valence-electron chi connectivity index (χ1n) is 11.7. The van der Waals surface area contributed by atoms with Gasteiger partial charge in [0.2, 0.25) is 0 Å². The molecule has 0 aliphatic carbocycles. The molecular weight excluding hydrogens is 463 g/mol. The highest BCUT2D eigenvalue weighted by Crippen LogP contribution is 2.33. The summed E-state index contributed by atoms with van der Waals surface area (Å²) in [5.74, 6) is 0.0172. The lowest BCUT2D eigenvalue weighted by molar-refractivity contribution is 0.0890. The average Bonchev–Trinajstić information content (AvgIpc) is 3.28. The number of benzene rings is 1. The molecule has 5 N–H and O–H groups in total. The number of ether oxygens (including phenoxy) is 1. The number of pyridine rings is 1. The van der Waals surface area contributed by atoms with Crippen LogP contribution in [0.1, 0.15) is 25.3 Å². The second-order valence-electron chi connectivity index (χ2n) is 9.29. The normalized spacial score (nSPS) is 19.0. The number of hydrogen-bond donors (Lipinski definition) is 3. The number of nitrogens with zero attached hydrogens (tertiary/aromatic N) is 6. The van der Waals surface area contributed by atoms with E-state index >= 15 is 0 Å². The fourth-order valence-corrected chi connectivity index (χ4v) is 4.74. The third-order valence-corrected chi connectivity index (χ3v) is 6.91. The largest absolute Gasteiger partial charge is 0.494 e. The van der Waals surface area contributed by atoms with Gasteiger partial charge in [-0.1, -0.05) is 0 Å². The zero-order valence-electron chi connectivity index (χ0n) is 20.2. The Bertz CT molecular complexity index is 1410. The third kappa shape index (κ3) is 4.31. The van der Waals surface area contributed by atoms with Gasteiger partial charge in [0.05, 0.1) is 49.2 Å². The van der Waals surface area contributed by atoms with Crippen molar-refractivity contribution >= 4 is 22.7 Å². The molecule has 1 aromatic carbocycles. The number of methoxy groups -OCH3 is 1. The molecule has 1 saturated heterocycles. The molecule has 4 aromatic rings.